The first-order chi connectivity index (χ1) is 4.63. The largest absolute Gasteiger partial charge is 0.468 e. The number of carbonyl (C=O) groups excluding carboxylic acids is 2. The molecule has 0 bridgehead atoms. The van der Waals surface area contributed by atoms with E-state index >= 15 is 0 Å². The average molecular weight is 144 g/mol. The predicted molar refractivity (Wildman–Crippen MR) is 33.4 cm³/mol. The van der Waals surface area contributed by atoms with Crippen molar-refractivity contribution in [3.05, 3.63) is 5.70 Å². The maximum absolute atomic E-state index is 10.5. The van der Waals surface area contributed by atoms with Crippen LogP contribution in [-0.4, -0.2) is 25.1 Å². The Labute approximate surface area is 57.6 Å². The summed E-state index contributed by atoms with van der Waals surface area (Å²) in [5, 5.41) is 0. The summed E-state index contributed by atoms with van der Waals surface area (Å²) in [5.41, 5.74) is 9.69. The van der Waals surface area contributed by atoms with Crippen LogP contribution in [0.15, 0.2) is 5.70 Å². The van der Waals surface area contributed by atoms with Gasteiger partial charge in [0.1, 0.15) is 11.6 Å². The van der Waals surface area contributed by atoms with Crippen LogP contribution in [0.2, 0.25) is 0 Å². The summed E-state index contributed by atoms with van der Waals surface area (Å²) in [7, 11) is 1.15. The number of esters is 1. The fraction of sp³-hybridized carbons (Fsp3) is 0.400. The Bertz CT molecular complexity index is 183. The third kappa shape index (κ3) is 1.89. The molecule has 0 saturated heterocycles. The molecule has 10 heavy (non-hydrogen) atoms. The number of methoxy groups -OCH3 is 1. The highest BCUT2D eigenvalue weighted by molar-refractivity contribution is 5.81. The van der Waals surface area contributed by atoms with Crippen molar-refractivity contribution in [1.29, 1.82) is 0 Å². The number of rotatable bonds is 2. The van der Waals surface area contributed by atoms with Gasteiger partial charge in [0.15, 0.2) is 6.04 Å². The molecule has 5 heteroatoms. The standard InChI is InChI=1S/C5H8N2O3/c1-10-5(9)4(7)3(6)2-8/h4H,6-7H2,1H3. The SMILES string of the molecule is COC(=O)C(N)C(N)=C=O. The van der Waals surface area contributed by atoms with Crippen molar-refractivity contribution in [2.24, 2.45) is 11.5 Å². The molecule has 0 spiro atoms. The van der Waals surface area contributed by atoms with E-state index in [1.54, 1.807) is 0 Å². The molecule has 0 fully saturated rings. The zero-order chi connectivity index (χ0) is 8.15. The van der Waals surface area contributed by atoms with Crippen molar-refractivity contribution in [2.45, 2.75) is 6.04 Å². The second-order valence-electron chi connectivity index (χ2n) is 1.56. The zero-order valence-electron chi connectivity index (χ0n) is 5.46. The lowest BCUT2D eigenvalue weighted by Crippen LogP contribution is -2.37. The maximum atomic E-state index is 10.5. The van der Waals surface area contributed by atoms with Crippen molar-refractivity contribution < 1.29 is 14.3 Å². The number of hydrogen-bond donors (Lipinski definition) is 2. The van der Waals surface area contributed by atoms with Crippen LogP contribution >= 0.6 is 0 Å². The lowest BCUT2D eigenvalue weighted by Gasteiger charge is -2.04. The quantitative estimate of drug-likeness (QED) is 0.350. The molecule has 0 aliphatic rings. The van der Waals surface area contributed by atoms with Gasteiger partial charge < -0.3 is 16.2 Å². The summed E-state index contributed by atoms with van der Waals surface area (Å²) in [6, 6.07) is -1.19. The Morgan fingerprint density at radius 2 is 2.20 bits per heavy atom. The molecule has 1 atom stereocenters. The smallest absolute Gasteiger partial charge is 0.329 e. The fourth-order valence-corrected chi connectivity index (χ4v) is 0.317. The highest BCUT2D eigenvalue weighted by Crippen LogP contribution is 1.87. The van der Waals surface area contributed by atoms with Crippen LogP contribution in [0.25, 0.3) is 0 Å². The van der Waals surface area contributed by atoms with Crippen molar-refractivity contribution in [3.8, 4) is 0 Å². The predicted octanol–water partition coefficient (Wildman–Crippen LogP) is -1.84. The van der Waals surface area contributed by atoms with Crippen molar-refractivity contribution in [3.63, 3.8) is 0 Å². The van der Waals surface area contributed by atoms with E-state index < -0.39 is 12.0 Å². The van der Waals surface area contributed by atoms with Crippen LogP contribution in [0, 0.1) is 0 Å². The molecule has 0 rings (SSSR count). The Hall–Kier alpha value is -1.32. The second kappa shape index (κ2) is 3.66. The van der Waals surface area contributed by atoms with E-state index in [0.29, 0.717) is 0 Å². The molecule has 0 aromatic heterocycles. The summed E-state index contributed by atoms with van der Waals surface area (Å²) in [6.45, 7) is 0. The Morgan fingerprint density at radius 3 is 2.50 bits per heavy atom. The number of nitrogens with two attached hydrogens (primary N) is 2. The Morgan fingerprint density at radius 1 is 1.70 bits per heavy atom. The highest BCUT2D eigenvalue weighted by atomic mass is 16.5. The maximum Gasteiger partial charge on any atom is 0.329 e. The van der Waals surface area contributed by atoms with E-state index in [2.05, 4.69) is 4.74 Å². The molecular formula is C5H8N2O3. The molecule has 0 saturated carbocycles. The molecule has 0 heterocycles. The molecule has 1 unspecified atom stereocenters. The summed E-state index contributed by atoms with van der Waals surface area (Å²) in [4.78, 5) is 20.3. The Kier molecular flexibility index (Phi) is 3.17. The summed E-state index contributed by atoms with van der Waals surface area (Å²) >= 11 is 0. The van der Waals surface area contributed by atoms with Crippen LogP contribution < -0.4 is 11.5 Å². The van der Waals surface area contributed by atoms with E-state index in [1.165, 1.54) is 5.94 Å². The molecule has 5 nitrogen and oxygen atoms in total. The van der Waals surface area contributed by atoms with Crippen molar-refractivity contribution >= 4 is 11.9 Å². The minimum Gasteiger partial charge on any atom is -0.468 e. The first kappa shape index (κ1) is 8.68. The minimum absolute atomic E-state index is 0.355. The van der Waals surface area contributed by atoms with Gasteiger partial charge in [0.2, 0.25) is 0 Å². The van der Waals surface area contributed by atoms with Crippen LogP contribution in [0.3, 0.4) is 0 Å². The van der Waals surface area contributed by atoms with Gasteiger partial charge in [0.05, 0.1) is 7.11 Å². The minimum atomic E-state index is -1.19. The second-order valence-corrected chi connectivity index (χ2v) is 1.56. The Balaban J connectivity index is 4.22. The van der Waals surface area contributed by atoms with Gasteiger partial charge in [-0.2, -0.15) is 0 Å². The highest BCUT2D eigenvalue weighted by Gasteiger charge is 2.16. The van der Waals surface area contributed by atoms with Gasteiger partial charge in [-0.15, -0.1) is 0 Å². The molecule has 0 aromatic carbocycles. The van der Waals surface area contributed by atoms with E-state index in [-0.39, 0.29) is 5.70 Å². The van der Waals surface area contributed by atoms with Gasteiger partial charge in [-0.25, -0.2) is 9.59 Å². The van der Waals surface area contributed by atoms with Crippen LogP contribution in [0.5, 0.6) is 0 Å². The van der Waals surface area contributed by atoms with Crippen LogP contribution in [-0.2, 0) is 14.3 Å². The normalized spacial score (nSPS) is 11.4. The summed E-state index contributed by atoms with van der Waals surface area (Å²) < 4.78 is 4.19. The molecule has 0 radical (unpaired) electrons. The first-order valence-corrected chi connectivity index (χ1v) is 2.47. The first-order valence-electron chi connectivity index (χ1n) is 2.47. The number of carbonyl (C=O) groups is 1. The lowest BCUT2D eigenvalue weighted by molar-refractivity contribution is -0.141. The molecule has 0 aliphatic carbocycles. The van der Waals surface area contributed by atoms with Crippen molar-refractivity contribution in [1.82, 2.24) is 0 Å². The molecule has 0 aromatic rings. The molecule has 0 aliphatic heterocycles. The fourth-order valence-electron chi connectivity index (χ4n) is 0.317. The molecule has 56 valence electrons. The van der Waals surface area contributed by atoms with E-state index in [4.69, 9.17) is 11.5 Å². The molecule has 4 N–H and O–H groups in total. The molecule has 0 amide bonds. The third-order valence-electron chi connectivity index (χ3n) is 0.908. The monoisotopic (exact) mass is 144 g/mol. The summed E-state index contributed by atoms with van der Waals surface area (Å²) in [5.74, 6) is 0.549. The van der Waals surface area contributed by atoms with Gasteiger partial charge in [0.25, 0.3) is 0 Å². The number of ether oxygens (including phenoxy) is 1. The average Bonchev–Trinajstić information content (AvgIpc) is 2.00. The lowest BCUT2D eigenvalue weighted by atomic mass is 10.2. The van der Waals surface area contributed by atoms with Gasteiger partial charge in [0, 0.05) is 0 Å². The van der Waals surface area contributed by atoms with Gasteiger partial charge >= 0.3 is 5.97 Å². The van der Waals surface area contributed by atoms with Gasteiger partial charge in [-0.3, -0.25) is 0 Å². The zero-order valence-corrected chi connectivity index (χ0v) is 5.46. The number of hydrogen-bond acceptors (Lipinski definition) is 5. The van der Waals surface area contributed by atoms with Crippen molar-refractivity contribution in [2.75, 3.05) is 7.11 Å². The van der Waals surface area contributed by atoms with E-state index in [9.17, 15) is 9.59 Å². The summed E-state index contributed by atoms with van der Waals surface area (Å²) in [6.07, 6.45) is 0. The van der Waals surface area contributed by atoms with Gasteiger partial charge in [-0.05, 0) is 0 Å². The van der Waals surface area contributed by atoms with E-state index in [0.717, 1.165) is 7.11 Å². The van der Waals surface area contributed by atoms with Crippen LogP contribution in [0.1, 0.15) is 0 Å². The van der Waals surface area contributed by atoms with Gasteiger partial charge in [-0.1, -0.05) is 0 Å². The third-order valence-corrected chi connectivity index (χ3v) is 0.908. The molecular weight excluding hydrogens is 136 g/mol. The topological polar surface area (TPSA) is 95.4 Å². The van der Waals surface area contributed by atoms with Crippen LogP contribution in [0.4, 0.5) is 0 Å². The van der Waals surface area contributed by atoms with E-state index in [1.807, 2.05) is 0 Å².